The zero-order valence-corrected chi connectivity index (χ0v) is 24.5. The van der Waals surface area contributed by atoms with Crippen molar-refractivity contribution >= 4 is 56.4 Å². The normalized spacial score (nSPS) is 11.2. The number of aromatic nitrogens is 2. The summed E-state index contributed by atoms with van der Waals surface area (Å²) >= 11 is 6.31. The summed E-state index contributed by atoms with van der Waals surface area (Å²) in [6.45, 7) is 3.64. The molecule has 0 radical (unpaired) electrons. The summed E-state index contributed by atoms with van der Waals surface area (Å²) in [5.74, 6) is -0.0462. The van der Waals surface area contributed by atoms with E-state index in [0.717, 1.165) is 0 Å². The Morgan fingerprint density at radius 3 is 2.54 bits per heavy atom. The van der Waals surface area contributed by atoms with Crippen LogP contribution in [-0.2, 0) is 14.6 Å². The molecule has 2 aromatic carbocycles. The smallest absolute Gasteiger partial charge is 0.255 e. The number of anilines is 4. The molecule has 41 heavy (non-hydrogen) atoms. The zero-order valence-electron chi connectivity index (χ0n) is 22.9. The van der Waals surface area contributed by atoms with Crippen LogP contribution in [-0.4, -0.2) is 54.3 Å². The number of carbonyl (C=O) groups is 2. The summed E-state index contributed by atoms with van der Waals surface area (Å²) in [7, 11) is -2.12. The van der Waals surface area contributed by atoms with Gasteiger partial charge < -0.3 is 20.7 Å². The van der Waals surface area contributed by atoms with Gasteiger partial charge >= 0.3 is 0 Å². The molecule has 0 spiro atoms. The first-order valence-corrected chi connectivity index (χ1v) is 14.8. The second kappa shape index (κ2) is 14.6. The van der Waals surface area contributed by atoms with Crippen LogP contribution in [0.25, 0.3) is 0 Å². The van der Waals surface area contributed by atoms with Crippen LogP contribution in [0.3, 0.4) is 0 Å². The molecule has 3 aromatic rings. The number of carbonyl (C=O) groups excluding carboxylic acids is 2. The second-order valence-electron chi connectivity index (χ2n) is 9.25. The quantitative estimate of drug-likeness (QED) is 0.0994. The van der Waals surface area contributed by atoms with E-state index < -0.39 is 21.0 Å². The summed E-state index contributed by atoms with van der Waals surface area (Å²) < 4.78 is 31.1. The number of benzene rings is 2. The molecular weight excluding hydrogens is 572 g/mol. The van der Waals surface area contributed by atoms with Crippen molar-refractivity contribution in [2.24, 2.45) is 0 Å². The highest BCUT2D eigenvalue weighted by atomic mass is 35.5. The minimum absolute atomic E-state index is 0.131. The highest BCUT2D eigenvalue weighted by molar-refractivity contribution is 7.92. The maximum atomic E-state index is 12.8. The predicted molar refractivity (Wildman–Crippen MR) is 156 cm³/mol. The lowest BCUT2D eigenvalue weighted by Gasteiger charge is -2.15. The van der Waals surface area contributed by atoms with E-state index in [1.807, 2.05) is 0 Å². The fraction of sp³-hybridized carbons (Fsp3) is 0.333. The topological polar surface area (TPSA) is 172 Å². The molecule has 5 N–H and O–H groups in total. The number of halogens is 1. The molecule has 0 saturated carbocycles. The van der Waals surface area contributed by atoms with Crippen LogP contribution < -0.4 is 26.2 Å². The summed E-state index contributed by atoms with van der Waals surface area (Å²) in [5.41, 5.74) is 2.79. The SMILES string of the molecule is COc1cc(Nc2ncc(Cl)c(Nc3ccccc3S(=O)(=O)C(C)C)n2)ccc1C(=O)NCCCCCC(=O)NO. The van der Waals surface area contributed by atoms with E-state index in [9.17, 15) is 18.0 Å². The van der Waals surface area contributed by atoms with Gasteiger partial charge in [-0.05, 0) is 51.0 Å². The summed E-state index contributed by atoms with van der Waals surface area (Å²) in [4.78, 5) is 32.4. The first-order valence-electron chi connectivity index (χ1n) is 12.9. The van der Waals surface area contributed by atoms with Gasteiger partial charge in [0.1, 0.15) is 10.8 Å². The summed E-state index contributed by atoms with van der Waals surface area (Å²) in [6.07, 6.45) is 3.58. The van der Waals surface area contributed by atoms with Gasteiger partial charge in [-0.2, -0.15) is 4.98 Å². The number of hydroxylamine groups is 1. The largest absolute Gasteiger partial charge is 0.496 e. The Bertz CT molecular complexity index is 1480. The lowest BCUT2D eigenvalue weighted by molar-refractivity contribution is -0.129. The molecule has 14 heteroatoms. The Morgan fingerprint density at radius 1 is 1.07 bits per heavy atom. The van der Waals surface area contributed by atoms with Gasteiger partial charge in [-0.15, -0.1) is 0 Å². The minimum atomic E-state index is -3.57. The van der Waals surface area contributed by atoms with Crippen LogP contribution in [0.1, 0.15) is 49.9 Å². The van der Waals surface area contributed by atoms with Gasteiger partial charge in [-0.1, -0.05) is 30.2 Å². The number of ether oxygens (including phenoxy) is 1. The van der Waals surface area contributed by atoms with Crippen molar-refractivity contribution in [2.45, 2.75) is 49.7 Å². The molecule has 0 aliphatic rings. The standard InChI is InChI=1S/C27H33ClN6O6S/c1-17(2)41(38,39)23-10-7-6-9-21(23)32-25-20(28)16-30-27(33-25)31-18-12-13-19(22(15-18)40-3)26(36)29-14-8-4-5-11-24(35)34-37/h6-7,9-10,12-13,15-17,37H,4-5,8,11,14H2,1-3H3,(H,29,36)(H,34,35)(H2,30,31,32,33). The van der Waals surface area contributed by atoms with Crippen molar-refractivity contribution in [3.05, 3.63) is 59.2 Å². The molecule has 0 unspecified atom stereocenters. The second-order valence-corrected chi connectivity index (χ2v) is 12.1. The molecule has 3 rings (SSSR count). The monoisotopic (exact) mass is 604 g/mol. The number of hydrogen-bond acceptors (Lipinski definition) is 10. The molecule has 0 saturated heterocycles. The maximum Gasteiger partial charge on any atom is 0.255 e. The zero-order chi connectivity index (χ0) is 30.0. The molecule has 1 aromatic heterocycles. The number of rotatable bonds is 14. The highest BCUT2D eigenvalue weighted by Gasteiger charge is 2.23. The number of hydrogen-bond donors (Lipinski definition) is 5. The van der Waals surface area contributed by atoms with Crippen LogP contribution in [0.15, 0.2) is 53.6 Å². The van der Waals surface area contributed by atoms with Gasteiger partial charge in [0, 0.05) is 24.7 Å². The van der Waals surface area contributed by atoms with Gasteiger partial charge in [0.25, 0.3) is 5.91 Å². The van der Waals surface area contributed by atoms with Crippen molar-refractivity contribution in [1.82, 2.24) is 20.8 Å². The lowest BCUT2D eigenvalue weighted by atomic mass is 10.1. The molecule has 220 valence electrons. The van der Waals surface area contributed by atoms with E-state index >= 15 is 0 Å². The van der Waals surface area contributed by atoms with Gasteiger partial charge in [-0.25, -0.2) is 18.9 Å². The van der Waals surface area contributed by atoms with E-state index in [2.05, 4.69) is 25.9 Å². The van der Waals surface area contributed by atoms with Crippen LogP contribution >= 0.6 is 11.6 Å². The summed E-state index contributed by atoms with van der Waals surface area (Å²) in [6, 6.07) is 11.4. The Kier molecular flexibility index (Phi) is 11.3. The molecule has 0 atom stereocenters. The van der Waals surface area contributed by atoms with Crippen molar-refractivity contribution < 1.29 is 28.0 Å². The van der Waals surface area contributed by atoms with Crippen LogP contribution in [0.4, 0.5) is 23.1 Å². The van der Waals surface area contributed by atoms with Crippen molar-refractivity contribution in [2.75, 3.05) is 24.3 Å². The summed E-state index contributed by atoms with van der Waals surface area (Å²) in [5, 5.41) is 16.9. The maximum absolute atomic E-state index is 12.8. The average Bonchev–Trinajstić information content (AvgIpc) is 2.96. The molecule has 12 nitrogen and oxygen atoms in total. The van der Waals surface area contributed by atoms with Crippen LogP contribution in [0.5, 0.6) is 5.75 Å². The Labute approximate surface area is 243 Å². The first-order chi connectivity index (χ1) is 19.6. The predicted octanol–water partition coefficient (Wildman–Crippen LogP) is 4.60. The molecule has 0 aliphatic carbocycles. The van der Waals surface area contributed by atoms with Crippen LogP contribution in [0, 0.1) is 0 Å². The molecule has 2 amide bonds. The number of sulfone groups is 1. The molecule has 0 bridgehead atoms. The van der Waals surface area contributed by atoms with Crippen LogP contribution in [0.2, 0.25) is 5.02 Å². The number of amides is 2. The number of nitrogens with one attached hydrogen (secondary N) is 4. The first kappa shape index (κ1) is 31.6. The third-order valence-corrected chi connectivity index (χ3v) is 8.49. The number of nitrogens with zero attached hydrogens (tertiary/aromatic N) is 2. The lowest BCUT2D eigenvalue weighted by Crippen LogP contribution is -2.25. The van der Waals surface area contributed by atoms with Gasteiger partial charge in [0.05, 0.1) is 34.7 Å². The minimum Gasteiger partial charge on any atom is -0.496 e. The van der Waals surface area contributed by atoms with E-state index in [1.165, 1.54) is 19.4 Å². The van der Waals surface area contributed by atoms with E-state index in [1.54, 1.807) is 55.7 Å². The van der Waals surface area contributed by atoms with E-state index in [0.29, 0.717) is 48.5 Å². The third kappa shape index (κ3) is 8.52. The van der Waals surface area contributed by atoms with Gasteiger partial charge in [0.2, 0.25) is 11.9 Å². The Morgan fingerprint density at radius 2 is 1.83 bits per heavy atom. The Hall–Kier alpha value is -3.94. The van der Waals surface area contributed by atoms with Crippen molar-refractivity contribution in [3.8, 4) is 5.75 Å². The third-order valence-electron chi connectivity index (χ3n) is 6.00. The number of para-hydroxylation sites is 1. The Balaban J connectivity index is 1.70. The molecule has 0 aliphatic heterocycles. The van der Waals surface area contributed by atoms with Gasteiger partial charge in [-0.3, -0.25) is 14.8 Å². The van der Waals surface area contributed by atoms with Gasteiger partial charge in [0.15, 0.2) is 15.7 Å². The molecule has 0 fully saturated rings. The highest BCUT2D eigenvalue weighted by Crippen LogP contribution is 2.31. The molecular formula is C27H33ClN6O6S. The fourth-order valence-corrected chi connectivity index (χ4v) is 5.08. The van der Waals surface area contributed by atoms with E-state index in [4.69, 9.17) is 21.5 Å². The van der Waals surface area contributed by atoms with Crippen molar-refractivity contribution in [3.63, 3.8) is 0 Å². The number of methoxy groups -OCH3 is 1. The average molecular weight is 605 g/mol. The number of unbranched alkanes of at least 4 members (excludes halogenated alkanes) is 2. The fourth-order valence-electron chi connectivity index (χ4n) is 3.74. The van der Waals surface area contributed by atoms with E-state index in [-0.39, 0.29) is 34.0 Å². The van der Waals surface area contributed by atoms with Crippen molar-refractivity contribution in [1.29, 1.82) is 0 Å². The molecule has 1 heterocycles.